The van der Waals surface area contributed by atoms with Gasteiger partial charge in [-0.3, -0.25) is 4.57 Å². The third-order valence-electron chi connectivity index (χ3n) is 3.01. The van der Waals surface area contributed by atoms with Crippen LogP contribution in [0.1, 0.15) is 13.8 Å². The fraction of sp³-hybridized carbons (Fsp3) is 0.333. The van der Waals surface area contributed by atoms with Crippen molar-refractivity contribution in [3.8, 4) is 5.75 Å². The standard InChI is InChI=1S/C15H18ClN3O2/c1-12(2)19(15(20)18-8-7-17-11-18)9-10-21-14-5-3-13(16)4-6-14/h3-8,11-12H,9-10H2,1-2H3. The van der Waals surface area contributed by atoms with Crippen LogP contribution in [-0.2, 0) is 0 Å². The van der Waals surface area contributed by atoms with Crippen LogP contribution >= 0.6 is 11.6 Å². The lowest BCUT2D eigenvalue weighted by atomic mass is 10.3. The Hall–Kier alpha value is -2.01. The summed E-state index contributed by atoms with van der Waals surface area (Å²) in [4.78, 5) is 17.9. The van der Waals surface area contributed by atoms with Gasteiger partial charge in [-0.05, 0) is 38.1 Å². The zero-order valence-corrected chi connectivity index (χ0v) is 12.8. The quantitative estimate of drug-likeness (QED) is 0.851. The van der Waals surface area contributed by atoms with Gasteiger partial charge in [0, 0.05) is 23.5 Å². The maximum absolute atomic E-state index is 12.3. The highest BCUT2D eigenvalue weighted by atomic mass is 35.5. The van der Waals surface area contributed by atoms with Crippen LogP contribution in [0.4, 0.5) is 4.79 Å². The van der Waals surface area contributed by atoms with Gasteiger partial charge in [-0.1, -0.05) is 11.6 Å². The van der Waals surface area contributed by atoms with Crippen molar-refractivity contribution in [2.75, 3.05) is 13.2 Å². The highest BCUT2D eigenvalue weighted by molar-refractivity contribution is 6.30. The molecule has 0 bridgehead atoms. The summed E-state index contributed by atoms with van der Waals surface area (Å²) < 4.78 is 7.09. The maximum atomic E-state index is 12.3. The number of aromatic nitrogens is 2. The molecule has 0 fully saturated rings. The van der Waals surface area contributed by atoms with Crippen LogP contribution in [0.15, 0.2) is 43.0 Å². The van der Waals surface area contributed by atoms with Crippen molar-refractivity contribution in [3.63, 3.8) is 0 Å². The van der Waals surface area contributed by atoms with E-state index in [9.17, 15) is 4.79 Å². The molecule has 0 atom stereocenters. The summed E-state index contributed by atoms with van der Waals surface area (Å²) in [5.41, 5.74) is 0. The fourth-order valence-corrected chi connectivity index (χ4v) is 2.01. The molecule has 0 saturated carbocycles. The predicted octanol–water partition coefficient (Wildman–Crippen LogP) is 3.29. The van der Waals surface area contributed by atoms with E-state index in [1.54, 1.807) is 41.6 Å². The second-order valence-corrected chi connectivity index (χ2v) is 5.28. The van der Waals surface area contributed by atoms with Gasteiger partial charge in [0.15, 0.2) is 0 Å². The molecule has 0 spiro atoms. The summed E-state index contributed by atoms with van der Waals surface area (Å²) in [5.74, 6) is 0.734. The monoisotopic (exact) mass is 307 g/mol. The lowest BCUT2D eigenvalue weighted by Crippen LogP contribution is -2.41. The van der Waals surface area contributed by atoms with Crippen LogP contribution in [-0.4, -0.2) is 39.7 Å². The first-order valence-electron chi connectivity index (χ1n) is 6.75. The van der Waals surface area contributed by atoms with Crippen molar-refractivity contribution in [2.45, 2.75) is 19.9 Å². The van der Waals surface area contributed by atoms with E-state index in [0.717, 1.165) is 5.75 Å². The third-order valence-corrected chi connectivity index (χ3v) is 3.26. The first-order valence-corrected chi connectivity index (χ1v) is 7.13. The maximum Gasteiger partial charge on any atom is 0.329 e. The number of hydrogen-bond donors (Lipinski definition) is 0. The second kappa shape index (κ2) is 7.13. The number of benzene rings is 1. The average Bonchev–Trinajstić information content (AvgIpc) is 2.98. The van der Waals surface area contributed by atoms with E-state index in [1.807, 2.05) is 13.8 Å². The van der Waals surface area contributed by atoms with Crippen LogP contribution in [0.25, 0.3) is 0 Å². The number of nitrogens with zero attached hydrogens (tertiary/aromatic N) is 3. The number of carbonyl (C=O) groups excluding carboxylic acids is 1. The minimum absolute atomic E-state index is 0.0775. The number of halogens is 1. The van der Waals surface area contributed by atoms with Gasteiger partial charge in [-0.25, -0.2) is 9.78 Å². The molecule has 2 rings (SSSR count). The molecular formula is C15H18ClN3O2. The van der Waals surface area contributed by atoms with E-state index in [-0.39, 0.29) is 12.1 Å². The van der Waals surface area contributed by atoms with E-state index in [1.165, 1.54) is 10.9 Å². The first-order chi connectivity index (χ1) is 10.1. The molecule has 1 aromatic carbocycles. The van der Waals surface area contributed by atoms with E-state index < -0.39 is 0 Å². The Kier molecular flexibility index (Phi) is 5.22. The molecule has 112 valence electrons. The molecule has 1 aromatic heterocycles. The van der Waals surface area contributed by atoms with Crippen LogP contribution in [0.3, 0.4) is 0 Å². The number of imidazole rings is 1. The number of rotatable bonds is 5. The van der Waals surface area contributed by atoms with Gasteiger partial charge >= 0.3 is 6.03 Å². The highest BCUT2D eigenvalue weighted by Crippen LogP contribution is 2.15. The van der Waals surface area contributed by atoms with Crippen molar-refractivity contribution in [3.05, 3.63) is 48.0 Å². The summed E-state index contributed by atoms with van der Waals surface area (Å²) in [6, 6.07) is 7.12. The molecule has 0 N–H and O–H groups in total. The van der Waals surface area contributed by atoms with Crippen molar-refractivity contribution in [1.29, 1.82) is 0 Å². The molecule has 0 radical (unpaired) electrons. The zero-order valence-electron chi connectivity index (χ0n) is 12.1. The minimum atomic E-state index is -0.109. The smallest absolute Gasteiger partial charge is 0.329 e. The SMILES string of the molecule is CC(C)N(CCOc1ccc(Cl)cc1)C(=O)n1ccnc1. The summed E-state index contributed by atoms with van der Waals surface area (Å²) >= 11 is 5.82. The normalized spacial score (nSPS) is 10.7. The summed E-state index contributed by atoms with van der Waals surface area (Å²) in [5, 5.41) is 0.668. The van der Waals surface area contributed by atoms with Gasteiger partial charge in [-0.15, -0.1) is 0 Å². The Morgan fingerprint density at radius 3 is 2.67 bits per heavy atom. The molecule has 0 aliphatic carbocycles. The van der Waals surface area contributed by atoms with Gasteiger partial charge in [0.1, 0.15) is 18.7 Å². The van der Waals surface area contributed by atoms with E-state index in [0.29, 0.717) is 18.2 Å². The molecule has 1 amide bonds. The molecule has 0 saturated heterocycles. The lowest BCUT2D eigenvalue weighted by molar-refractivity contribution is 0.167. The van der Waals surface area contributed by atoms with Crippen molar-refractivity contribution >= 4 is 17.6 Å². The summed E-state index contributed by atoms with van der Waals surface area (Å²) in [7, 11) is 0. The molecule has 0 unspecified atom stereocenters. The Bertz CT molecular complexity index is 567. The van der Waals surface area contributed by atoms with Crippen LogP contribution in [0, 0.1) is 0 Å². The summed E-state index contributed by atoms with van der Waals surface area (Å²) in [6.07, 6.45) is 4.72. The highest BCUT2D eigenvalue weighted by Gasteiger charge is 2.18. The van der Waals surface area contributed by atoms with Gasteiger partial charge in [-0.2, -0.15) is 0 Å². The zero-order chi connectivity index (χ0) is 15.2. The van der Waals surface area contributed by atoms with Crippen LogP contribution in [0.2, 0.25) is 5.02 Å². The van der Waals surface area contributed by atoms with Crippen LogP contribution in [0.5, 0.6) is 5.75 Å². The molecule has 2 aromatic rings. The topological polar surface area (TPSA) is 47.4 Å². The molecule has 0 aliphatic heterocycles. The molecule has 1 heterocycles. The Labute approximate surface area is 129 Å². The number of hydrogen-bond acceptors (Lipinski definition) is 3. The number of carbonyl (C=O) groups is 1. The lowest BCUT2D eigenvalue weighted by Gasteiger charge is -2.26. The van der Waals surface area contributed by atoms with Crippen molar-refractivity contribution in [2.24, 2.45) is 0 Å². The van der Waals surface area contributed by atoms with Crippen molar-refractivity contribution < 1.29 is 9.53 Å². The van der Waals surface area contributed by atoms with Crippen LogP contribution < -0.4 is 4.74 Å². The fourth-order valence-electron chi connectivity index (χ4n) is 1.89. The van der Waals surface area contributed by atoms with Gasteiger partial charge in [0.2, 0.25) is 0 Å². The van der Waals surface area contributed by atoms with Gasteiger partial charge < -0.3 is 9.64 Å². The second-order valence-electron chi connectivity index (χ2n) is 4.84. The molecular weight excluding hydrogens is 290 g/mol. The Balaban J connectivity index is 1.91. The van der Waals surface area contributed by atoms with E-state index in [2.05, 4.69) is 4.98 Å². The van der Waals surface area contributed by atoms with Gasteiger partial charge in [0.05, 0.1) is 6.54 Å². The van der Waals surface area contributed by atoms with Gasteiger partial charge in [0.25, 0.3) is 0 Å². The van der Waals surface area contributed by atoms with Crippen molar-refractivity contribution in [1.82, 2.24) is 14.5 Å². The van der Waals surface area contributed by atoms with E-state index in [4.69, 9.17) is 16.3 Å². The Morgan fingerprint density at radius 1 is 1.38 bits per heavy atom. The van der Waals surface area contributed by atoms with E-state index >= 15 is 0 Å². The largest absolute Gasteiger partial charge is 0.492 e. The average molecular weight is 308 g/mol. The molecule has 5 nitrogen and oxygen atoms in total. The molecule has 6 heteroatoms. The third kappa shape index (κ3) is 4.23. The Morgan fingerprint density at radius 2 is 2.10 bits per heavy atom. The number of ether oxygens (including phenoxy) is 1. The predicted molar refractivity (Wildman–Crippen MR) is 81.8 cm³/mol. The minimum Gasteiger partial charge on any atom is -0.492 e. The summed E-state index contributed by atoms with van der Waals surface area (Å²) in [6.45, 7) is 4.85. The molecule has 21 heavy (non-hydrogen) atoms. The first kappa shape index (κ1) is 15.4. The number of amides is 1. The molecule has 0 aliphatic rings.